The van der Waals surface area contributed by atoms with Gasteiger partial charge >= 0.3 is 0 Å². The van der Waals surface area contributed by atoms with E-state index >= 15 is 0 Å². The van der Waals surface area contributed by atoms with Crippen LogP contribution in [0.5, 0.6) is 0 Å². The van der Waals surface area contributed by atoms with E-state index in [1.54, 1.807) is 0 Å². The lowest BCUT2D eigenvalue weighted by Gasteiger charge is -2.43. The van der Waals surface area contributed by atoms with Gasteiger partial charge in [-0.1, -0.05) is 19.3 Å². The molecule has 19 heavy (non-hydrogen) atoms. The van der Waals surface area contributed by atoms with Crippen molar-refractivity contribution >= 4 is 5.91 Å². The molecule has 2 saturated carbocycles. The third-order valence-corrected chi connectivity index (χ3v) is 4.71. The van der Waals surface area contributed by atoms with Crippen LogP contribution in [0, 0.1) is 0 Å². The van der Waals surface area contributed by atoms with E-state index in [0.29, 0.717) is 12.5 Å². The summed E-state index contributed by atoms with van der Waals surface area (Å²) in [6, 6.07) is 0.694. The van der Waals surface area contributed by atoms with Crippen molar-refractivity contribution in [2.24, 2.45) is 0 Å². The summed E-state index contributed by atoms with van der Waals surface area (Å²) in [4.78, 5) is 14.2. The first kappa shape index (κ1) is 14.8. The maximum atomic E-state index is 11.9. The van der Waals surface area contributed by atoms with Crippen LogP contribution in [-0.2, 0) is 4.79 Å². The van der Waals surface area contributed by atoms with E-state index < -0.39 is 0 Å². The van der Waals surface area contributed by atoms with Crippen molar-refractivity contribution in [1.82, 2.24) is 15.5 Å². The zero-order valence-electron chi connectivity index (χ0n) is 12.5. The van der Waals surface area contributed by atoms with Crippen molar-refractivity contribution in [2.75, 3.05) is 27.2 Å². The molecule has 2 fully saturated rings. The van der Waals surface area contributed by atoms with Crippen LogP contribution in [0.4, 0.5) is 0 Å². The molecule has 0 aliphatic heterocycles. The molecule has 0 aromatic rings. The SMILES string of the molecule is CN(C)C1(CNC(=O)CCNC2CC2)CCCCC1. The Balaban J connectivity index is 1.69. The molecule has 0 heterocycles. The monoisotopic (exact) mass is 267 g/mol. The summed E-state index contributed by atoms with van der Waals surface area (Å²) < 4.78 is 0. The summed E-state index contributed by atoms with van der Waals surface area (Å²) in [5.74, 6) is 0.194. The molecule has 110 valence electrons. The minimum Gasteiger partial charge on any atom is -0.354 e. The highest BCUT2D eigenvalue weighted by Crippen LogP contribution is 2.31. The minimum atomic E-state index is 0.192. The fraction of sp³-hybridized carbons (Fsp3) is 0.933. The molecule has 2 N–H and O–H groups in total. The highest BCUT2D eigenvalue weighted by molar-refractivity contribution is 5.76. The van der Waals surface area contributed by atoms with E-state index in [-0.39, 0.29) is 11.4 Å². The number of carbonyl (C=O) groups is 1. The quantitative estimate of drug-likeness (QED) is 0.735. The molecule has 2 rings (SSSR count). The molecular formula is C15H29N3O. The predicted molar refractivity (Wildman–Crippen MR) is 78.2 cm³/mol. The Morgan fingerprint density at radius 1 is 1.21 bits per heavy atom. The molecule has 0 radical (unpaired) electrons. The van der Waals surface area contributed by atoms with E-state index in [9.17, 15) is 4.79 Å². The van der Waals surface area contributed by atoms with Gasteiger partial charge in [-0.15, -0.1) is 0 Å². The van der Waals surface area contributed by atoms with Crippen molar-refractivity contribution < 1.29 is 4.79 Å². The van der Waals surface area contributed by atoms with Gasteiger partial charge < -0.3 is 15.5 Å². The van der Waals surface area contributed by atoms with Gasteiger partial charge in [0.2, 0.25) is 5.91 Å². The van der Waals surface area contributed by atoms with Crippen molar-refractivity contribution in [3.05, 3.63) is 0 Å². The van der Waals surface area contributed by atoms with Crippen LogP contribution < -0.4 is 10.6 Å². The zero-order valence-corrected chi connectivity index (χ0v) is 12.5. The van der Waals surface area contributed by atoms with Gasteiger partial charge in [-0.25, -0.2) is 0 Å². The third-order valence-electron chi connectivity index (χ3n) is 4.71. The number of hydrogen-bond donors (Lipinski definition) is 2. The van der Waals surface area contributed by atoms with Crippen LogP contribution in [-0.4, -0.2) is 49.6 Å². The lowest BCUT2D eigenvalue weighted by atomic mass is 9.80. The molecule has 4 heteroatoms. The number of hydrogen-bond acceptors (Lipinski definition) is 3. The molecule has 2 aliphatic carbocycles. The first-order valence-electron chi connectivity index (χ1n) is 7.80. The first-order chi connectivity index (χ1) is 9.12. The van der Waals surface area contributed by atoms with Gasteiger partial charge in [0.15, 0.2) is 0 Å². The number of nitrogens with zero attached hydrogens (tertiary/aromatic N) is 1. The average Bonchev–Trinajstić information content (AvgIpc) is 3.21. The lowest BCUT2D eigenvalue weighted by molar-refractivity contribution is -0.121. The van der Waals surface area contributed by atoms with E-state index in [4.69, 9.17) is 0 Å². The average molecular weight is 267 g/mol. The second-order valence-corrected chi connectivity index (χ2v) is 6.43. The first-order valence-corrected chi connectivity index (χ1v) is 7.80. The Morgan fingerprint density at radius 2 is 1.89 bits per heavy atom. The minimum absolute atomic E-state index is 0.192. The van der Waals surface area contributed by atoms with Crippen LogP contribution in [0.3, 0.4) is 0 Å². The fourth-order valence-corrected chi connectivity index (χ4v) is 3.02. The molecule has 4 nitrogen and oxygen atoms in total. The Morgan fingerprint density at radius 3 is 2.47 bits per heavy atom. The van der Waals surface area contributed by atoms with Gasteiger partial charge in [-0.05, 0) is 39.8 Å². The van der Waals surface area contributed by atoms with Gasteiger partial charge in [0, 0.05) is 31.1 Å². The van der Waals surface area contributed by atoms with Gasteiger partial charge in [-0.3, -0.25) is 4.79 Å². The second kappa shape index (κ2) is 6.71. The van der Waals surface area contributed by atoms with E-state index in [0.717, 1.165) is 13.1 Å². The molecule has 0 bridgehead atoms. The normalized spacial score (nSPS) is 22.5. The smallest absolute Gasteiger partial charge is 0.221 e. The van der Waals surface area contributed by atoms with Gasteiger partial charge in [-0.2, -0.15) is 0 Å². The summed E-state index contributed by atoms with van der Waals surface area (Å²) in [6.45, 7) is 1.63. The van der Waals surface area contributed by atoms with Crippen LogP contribution in [0.15, 0.2) is 0 Å². The molecule has 0 spiro atoms. The van der Waals surface area contributed by atoms with Crippen molar-refractivity contribution in [3.63, 3.8) is 0 Å². The molecule has 0 aromatic carbocycles. The maximum Gasteiger partial charge on any atom is 0.221 e. The highest BCUT2D eigenvalue weighted by Gasteiger charge is 2.34. The predicted octanol–water partition coefficient (Wildman–Crippen LogP) is 1.51. The van der Waals surface area contributed by atoms with E-state index in [1.807, 2.05) is 0 Å². The van der Waals surface area contributed by atoms with Gasteiger partial charge in [0.1, 0.15) is 0 Å². The Labute approximate surface area is 117 Å². The number of amides is 1. The zero-order chi connectivity index (χ0) is 13.7. The summed E-state index contributed by atoms with van der Waals surface area (Å²) in [7, 11) is 4.29. The van der Waals surface area contributed by atoms with Crippen molar-refractivity contribution in [1.29, 1.82) is 0 Å². The topological polar surface area (TPSA) is 44.4 Å². The second-order valence-electron chi connectivity index (χ2n) is 6.43. The molecule has 0 saturated heterocycles. The van der Waals surface area contributed by atoms with Gasteiger partial charge in [0.25, 0.3) is 0 Å². The molecule has 2 aliphatic rings. The Bertz CT molecular complexity index is 294. The number of likely N-dealkylation sites (N-methyl/N-ethyl adjacent to an activating group) is 1. The maximum absolute atomic E-state index is 11.9. The van der Waals surface area contributed by atoms with Crippen molar-refractivity contribution in [2.45, 2.75) is 62.9 Å². The summed E-state index contributed by atoms with van der Waals surface area (Å²) in [5, 5.41) is 6.53. The van der Waals surface area contributed by atoms with Crippen LogP contribution in [0.1, 0.15) is 51.4 Å². The standard InChI is InChI=1S/C15H29N3O/c1-18(2)15(9-4-3-5-10-15)12-17-14(19)8-11-16-13-6-7-13/h13,16H,3-12H2,1-2H3,(H,17,19). The number of nitrogens with one attached hydrogen (secondary N) is 2. The van der Waals surface area contributed by atoms with Crippen LogP contribution in [0.2, 0.25) is 0 Å². The molecule has 1 amide bonds. The van der Waals surface area contributed by atoms with Crippen LogP contribution >= 0.6 is 0 Å². The highest BCUT2D eigenvalue weighted by atomic mass is 16.1. The van der Waals surface area contributed by atoms with Gasteiger partial charge in [0.05, 0.1) is 0 Å². The molecule has 0 atom stereocenters. The summed E-state index contributed by atoms with van der Waals surface area (Å²) >= 11 is 0. The Kier molecular flexibility index (Phi) is 5.22. The fourth-order valence-electron chi connectivity index (χ4n) is 3.02. The number of rotatable bonds is 7. The molecule has 0 aromatic heterocycles. The van der Waals surface area contributed by atoms with Crippen molar-refractivity contribution in [3.8, 4) is 0 Å². The van der Waals surface area contributed by atoms with Crippen LogP contribution in [0.25, 0.3) is 0 Å². The third kappa shape index (κ3) is 4.46. The Hall–Kier alpha value is -0.610. The summed E-state index contributed by atoms with van der Waals surface area (Å²) in [6.07, 6.45) is 9.52. The molecular weight excluding hydrogens is 238 g/mol. The summed E-state index contributed by atoms with van der Waals surface area (Å²) in [5.41, 5.74) is 0.192. The van der Waals surface area contributed by atoms with E-state index in [2.05, 4.69) is 29.6 Å². The number of carbonyl (C=O) groups excluding carboxylic acids is 1. The molecule has 0 unspecified atom stereocenters. The largest absolute Gasteiger partial charge is 0.354 e. The van der Waals surface area contributed by atoms with E-state index in [1.165, 1.54) is 44.9 Å². The lowest BCUT2D eigenvalue weighted by Crippen LogP contribution is -2.54.